The molecule has 0 saturated carbocycles. The number of carbonyl (C=O) groups is 1. The van der Waals surface area contributed by atoms with Gasteiger partial charge in [0.05, 0.1) is 18.3 Å². The number of carbonyl (C=O) groups excluding carboxylic acids is 1. The molecule has 0 bridgehead atoms. The maximum Gasteiger partial charge on any atom is 0.516 e. The molecule has 2 N–H and O–H groups in total. The number of nitrogens with one attached hydrogen (secondary N) is 2. The van der Waals surface area contributed by atoms with E-state index in [0.29, 0.717) is 17.9 Å². The molecule has 0 aliphatic carbocycles. The van der Waals surface area contributed by atoms with Crippen LogP contribution in [0, 0.1) is 0 Å². The zero-order valence-corrected chi connectivity index (χ0v) is 16.1. The molecule has 0 saturated heterocycles. The number of anilines is 1. The highest BCUT2D eigenvalue weighted by atomic mass is 32.2. The molecule has 2 aromatic heterocycles. The van der Waals surface area contributed by atoms with Gasteiger partial charge in [0.1, 0.15) is 11.4 Å². The largest absolute Gasteiger partial charge is 0.516 e. The summed E-state index contributed by atoms with van der Waals surface area (Å²) in [6.45, 7) is 0.563. The van der Waals surface area contributed by atoms with Crippen molar-refractivity contribution in [2.24, 2.45) is 0 Å². The molecular formula is C15H13F3N6O3S2. The Morgan fingerprint density at radius 2 is 1.90 bits per heavy atom. The second kappa shape index (κ2) is 8.16. The molecule has 3 aromatic rings. The van der Waals surface area contributed by atoms with E-state index in [1.807, 2.05) is 5.38 Å². The molecule has 1 aromatic carbocycles. The summed E-state index contributed by atoms with van der Waals surface area (Å²) in [5, 5.41) is 12.4. The molecule has 154 valence electrons. The summed E-state index contributed by atoms with van der Waals surface area (Å²) in [6.07, 6.45) is 1.68. The van der Waals surface area contributed by atoms with Crippen molar-refractivity contribution in [2.75, 3.05) is 11.3 Å². The lowest BCUT2D eigenvalue weighted by atomic mass is 10.2. The summed E-state index contributed by atoms with van der Waals surface area (Å²) in [5.74, 6) is -0.477. The molecule has 0 atom stereocenters. The Morgan fingerprint density at radius 3 is 2.52 bits per heavy atom. The molecule has 0 aliphatic heterocycles. The summed E-state index contributed by atoms with van der Waals surface area (Å²) in [6, 6.07) is 4.55. The van der Waals surface area contributed by atoms with Crippen molar-refractivity contribution < 1.29 is 26.4 Å². The average molecular weight is 446 g/mol. The minimum absolute atomic E-state index is 0.154. The number of hydrogen-bond acceptors (Lipinski definition) is 7. The van der Waals surface area contributed by atoms with Crippen LogP contribution in [0.1, 0.15) is 10.4 Å². The van der Waals surface area contributed by atoms with E-state index in [2.05, 4.69) is 20.6 Å². The number of benzene rings is 1. The third-order valence-corrected chi connectivity index (χ3v) is 5.26. The molecule has 0 unspecified atom stereocenters. The maximum atomic E-state index is 12.4. The normalized spacial score (nSPS) is 12.0. The van der Waals surface area contributed by atoms with Crippen molar-refractivity contribution in [1.82, 2.24) is 25.3 Å². The topological polar surface area (TPSA) is 119 Å². The third kappa shape index (κ3) is 5.08. The highest BCUT2D eigenvalue weighted by molar-refractivity contribution is 7.93. The number of aromatic nitrogens is 4. The van der Waals surface area contributed by atoms with Gasteiger partial charge in [-0.3, -0.25) is 14.2 Å². The number of thiazole rings is 1. The lowest BCUT2D eigenvalue weighted by Crippen LogP contribution is -2.30. The number of halogens is 3. The first-order valence-electron chi connectivity index (χ1n) is 7.92. The van der Waals surface area contributed by atoms with Gasteiger partial charge in [0.25, 0.3) is 5.91 Å². The van der Waals surface area contributed by atoms with Crippen LogP contribution < -0.4 is 10.0 Å². The van der Waals surface area contributed by atoms with Crippen LogP contribution in [0.2, 0.25) is 0 Å². The average Bonchev–Trinajstić information content (AvgIpc) is 3.32. The Balaban J connectivity index is 1.52. The van der Waals surface area contributed by atoms with Crippen LogP contribution in [-0.4, -0.2) is 46.4 Å². The lowest BCUT2D eigenvalue weighted by Gasteiger charge is -2.11. The van der Waals surface area contributed by atoms with Gasteiger partial charge in [0, 0.05) is 23.2 Å². The van der Waals surface area contributed by atoms with Crippen molar-refractivity contribution >= 4 is 33.0 Å². The van der Waals surface area contributed by atoms with Crippen molar-refractivity contribution in [3.8, 4) is 11.4 Å². The zero-order valence-electron chi connectivity index (χ0n) is 14.4. The Bertz CT molecular complexity index is 1080. The van der Waals surface area contributed by atoms with Crippen LogP contribution in [0.25, 0.3) is 11.4 Å². The van der Waals surface area contributed by atoms with E-state index >= 15 is 0 Å². The van der Waals surface area contributed by atoms with E-state index in [1.165, 1.54) is 32.9 Å². The smallest absolute Gasteiger partial charge is 0.350 e. The minimum atomic E-state index is -5.51. The number of hydrogen-bond donors (Lipinski definition) is 2. The van der Waals surface area contributed by atoms with Crippen molar-refractivity contribution in [2.45, 2.75) is 12.1 Å². The fourth-order valence-corrected chi connectivity index (χ4v) is 3.26. The van der Waals surface area contributed by atoms with Crippen LogP contribution in [0.4, 0.5) is 18.9 Å². The number of nitrogens with zero attached hydrogens (tertiary/aromatic N) is 4. The lowest BCUT2D eigenvalue weighted by molar-refractivity contribution is -0.0429. The summed E-state index contributed by atoms with van der Waals surface area (Å²) >= 11 is 1.43. The molecule has 0 spiro atoms. The fraction of sp³-hybridized carbons (Fsp3) is 0.200. The van der Waals surface area contributed by atoms with Crippen LogP contribution in [0.5, 0.6) is 0 Å². The van der Waals surface area contributed by atoms with Gasteiger partial charge in [0.2, 0.25) is 0 Å². The molecule has 1 amide bonds. The van der Waals surface area contributed by atoms with E-state index in [-0.39, 0.29) is 17.8 Å². The monoisotopic (exact) mass is 446 g/mol. The van der Waals surface area contributed by atoms with E-state index in [1.54, 1.807) is 11.7 Å². The predicted octanol–water partition coefficient (Wildman–Crippen LogP) is 2.09. The Labute approximate surface area is 166 Å². The van der Waals surface area contributed by atoms with Gasteiger partial charge in [-0.15, -0.1) is 16.4 Å². The van der Waals surface area contributed by atoms with Crippen LogP contribution in [-0.2, 0) is 16.6 Å². The van der Waals surface area contributed by atoms with E-state index in [9.17, 15) is 26.4 Å². The first-order chi connectivity index (χ1) is 13.7. The number of alkyl halides is 3. The van der Waals surface area contributed by atoms with Gasteiger partial charge in [-0.05, 0) is 24.3 Å². The second-order valence-corrected chi connectivity index (χ2v) is 8.02. The standard InChI is InChI=1S/C15H13F3N6O3S2/c16-15(17,18)29(26,27)22-11-3-1-10(2-4-11)14(25)19-5-6-24-7-12(21-23-24)13-8-28-9-20-13/h1-4,7-9,22H,5-6H2,(H,19,25). The number of amides is 1. The molecular weight excluding hydrogens is 433 g/mol. The molecule has 0 radical (unpaired) electrons. The van der Waals surface area contributed by atoms with Crippen LogP contribution in [0.15, 0.2) is 41.4 Å². The molecule has 9 nitrogen and oxygen atoms in total. The van der Waals surface area contributed by atoms with Gasteiger partial charge in [-0.2, -0.15) is 21.6 Å². The summed E-state index contributed by atoms with van der Waals surface area (Å²) < 4.78 is 62.1. The number of sulfonamides is 1. The molecule has 2 heterocycles. The van der Waals surface area contributed by atoms with Crippen molar-refractivity contribution in [1.29, 1.82) is 0 Å². The summed E-state index contributed by atoms with van der Waals surface area (Å²) in [7, 11) is -5.51. The van der Waals surface area contributed by atoms with Crippen molar-refractivity contribution in [3.05, 3.63) is 46.9 Å². The van der Waals surface area contributed by atoms with E-state index in [0.717, 1.165) is 12.1 Å². The third-order valence-electron chi connectivity index (χ3n) is 3.56. The molecule has 14 heteroatoms. The highest BCUT2D eigenvalue weighted by Crippen LogP contribution is 2.25. The van der Waals surface area contributed by atoms with Gasteiger partial charge in [-0.1, -0.05) is 5.21 Å². The van der Waals surface area contributed by atoms with Crippen molar-refractivity contribution in [3.63, 3.8) is 0 Å². The fourth-order valence-electron chi connectivity index (χ4n) is 2.15. The predicted molar refractivity (Wildman–Crippen MR) is 98.5 cm³/mol. The quantitative estimate of drug-likeness (QED) is 0.574. The van der Waals surface area contributed by atoms with E-state index < -0.39 is 21.4 Å². The van der Waals surface area contributed by atoms with E-state index in [4.69, 9.17) is 0 Å². The molecule has 3 rings (SSSR count). The van der Waals surface area contributed by atoms with Crippen LogP contribution in [0.3, 0.4) is 0 Å². The first-order valence-corrected chi connectivity index (χ1v) is 10.3. The maximum absolute atomic E-state index is 12.4. The second-order valence-electron chi connectivity index (χ2n) is 5.63. The van der Waals surface area contributed by atoms with Gasteiger partial charge in [-0.25, -0.2) is 4.98 Å². The Kier molecular flexibility index (Phi) is 5.83. The highest BCUT2D eigenvalue weighted by Gasteiger charge is 2.46. The molecule has 0 aliphatic rings. The SMILES string of the molecule is O=C(NCCn1cc(-c2cscn2)nn1)c1ccc(NS(=O)(=O)C(F)(F)F)cc1. The molecule has 29 heavy (non-hydrogen) atoms. The molecule has 0 fully saturated rings. The van der Waals surface area contributed by atoms with Gasteiger partial charge >= 0.3 is 15.5 Å². The van der Waals surface area contributed by atoms with Gasteiger partial charge in [0.15, 0.2) is 0 Å². The summed E-state index contributed by atoms with van der Waals surface area (Å²) in [5.41, 5.74) is -2.60. The van der Waals surface area contributed by atoms with Crippen LogP contribution >= 0.6 is 11.3 Å². The summed E-state index contributed by atoms with van der Waals surface area (Å²) in [4.78, 5) is 16.2. The Hall–Kier alpha value is -3.00. The minimum Gasteiger partial charge on any atom is -0.350 e. The van der Waals surface area contributed by atoms with Gasteiger partial charge < -0.3 is 5.32 Å². The Morgan fingerprint density at radius 1 is 1.17 bits per heavy atom. The zero-order chi connectivity index (χ0) is 21.1. The number of rotatable bonds is 7. The first kappa shape index (κ1) is 20.7.